The summed E-state index contributed by atoms with van der Waals surface area (Å²) in [6.45, 7) is 1.14. The highest BCUT2D eigenvalue weighted by molar-refractivity contribution is 7.13. The Morgan fingerprint density at radius 3 is 2.75 bits per heavy atom. The van der Waals surface area contributed by atoms with Crippen LogP contribution in [-0.2, 0) is 13.6 Å². The second-order valence-electron chi connectivity index (χ2n) is 5.57. The third kappa shape index (κ3) is 3.84. The van der Waals surface area contributed by atoms with Crippen molar-refractivity contribution in [2.45, 2.75) is 12.6 Å². The smallest absolute Gasteiger partial charge is 0.118 e. The van der Waals surface area contributed by atoms with Gasteiger partial charge in [-0.1, -0.05) is 18.2 Å². The van der Waals surface area contributed by atoms with Crippen LogP contribution in [0.25, 0.3) is 10.6 Å². The van der Waals surface area contributed by atoms with Crippen LogP contribution in [0.3, 0.4) is 0 Å². The lowest BCUT2D eigenvalue weighted by atomic mass is 10.1. The molecular weight excluding hydrogens is 322 g/mol. The van der Waals surface area contributed by atoms with E-state index in [1.165, 1.54) is 0 Å². The molecule has 24 heavy (non-hydrogen) atoms. The Kier molecular flexibility index (Phi) is 5.30. The quantitative estimate of drug-likeness (QED) is 0.692. The van der Waals surface area contributed by atoms with E-state index in [4.69, 9.17) is 4.74 Å². The second-order valence-corrected chi connectivity index (χ2v) is 6.52. The zero-order chi connectivity index (χ0) is 16.9. The molecular formula is C18H21N3O2S. The Bertz CT molecular complexity index is 766. The van der Waals surface area contributed by atoms with Crippen molar-refractivity contribution in [1.29, 1.82) is 0 Å². The summed E-state index contributed by atoms with van der Waals surface area (Å²) < 4.78 is 6.96. The number of aliphatic hydroxyl groups is 1. The van der Waals surface area contributed by atoms with Gasteiger partial charge in [0.15, 0.2) is 0 Å². The molecule has 6 heteroatoms. The molecule has 3 aromatic rings. The van der Waals surface area contributed by atoms with E-state index in [9.17, 15) is 5.11 Å². The topological polar surface area (TPSA) is 59.3 Å². The van der Waals surface area contributed by atoms with Crippen LogP contribution >= 0.6 is 11.3 Å². The summed E-state index contributed by atoms with van der Waals surface area (Å²) in [6.07, 6.45) is 1.46. The van der Waals surface area contributed by atoms with E-state index in [-0.39, 0.29) is 0 Å². The first kappa shape index (κ1) is 16.7. The molecule has 2 N–H and O–H groups in total. The van der Waals surface area contributed by atoms with Crippen LogP contribution in [-0.4, -0.2) is 28.5 Å². The van der Waals surface area contributed by atoms with E-state index < -0.39 is 6.10 Å². The maximum absolute atomic E-state index is 10.3. The molecule has 126 valence electrons. The predicted molar refractivity (Wildman–Crippen MR) is 96.2 cm³/mol. The van der Waals surface area contributed by atoms with Crippen molar-refractivity contribution >= 4 is 11.3 Å². The van der Waals surface area contributed by atoms with Crippen LogP contribution in [0.1, 0.15) is 17.2 Å². The van der Waals surface area contributed by atoms with Crippen molar-refractivity contribution in [3.63, 3.8) is 0 Å². The molecule has 0 amide bonds. The van der Waals surface area contributed by atoms with Crippen molar-refractivity contribution in [3.05, 3.63) is 59.1 Å². The van der Waals surface area contributed by atoms with E-state index in [0.29, 0.717) is 13.1 Å². The fourth-order valence-corrected chi connectivity index (χ4v) is 3.32. The van der Waals surface area contributed by atoms with Gasteiger partial charge in [-0.05, 0) is 29.1 Å². The van der Waals surface area contributed by atoms with E-state index in [1.54, 1.807) is 18.4 Å². The fraction of sp³-hybridized carbons (Fsp3) is 0.278. The Labute approximate surface area is 145 Å². The molecule has 1 unspecified atom stereocenters. The molecule has 0 fully saturated rings. The summed E-state index contributed by atoms with van der Waals surface area (Å²) in [6, 6.07) is 11.6. The normalized spacial score (nSPS) is 12.3. The van der Waals surface area contributed by atoms with Crippen molar-refractivity contribution in [1.82, 2.24) is 15.1 Å². The monoisotopic (exact) mass is 343 g/mol. The molecule has 0 bridgehead atoms. The van der Waals surface area contributed by atoms with Gasteiger partial charge in [-0.3, -0.25) is 4.68 Å². The summed E-state index contributed by atoms with van der Waals surface area (Å²) >= 11 is 1.68. The Morgan fingerprint density at radius 2 is 2.08 bits per heavy atom. The molecule has 5 nitrogen and oxygen atoms in total. The maximum Gasteiger partial charge on any atom is 0.118 e. The average molecular weight is 343 g/mol. The third-order valence-electron chi connectivity index (χ3n) is 3.81. The number of rotatable bonds is 7. The number of nitrogens with one attached hydrogen (secondary N) is 1. The van der Waals surface area contributed by atoms with Gasteiger partial charge >= 0.3 is 0 Å². The first-order valence-corrected chi connectivity index (χ1v) is 8.64. The van der Waals surface area contributed by atoms with E-state index in [2.05, 4.69) is 21.9 Å². The van der Waals surface area contributed by atoms with Crippen molar-refractivity contribution in [3.8, 4) is 16.3 Å². The summed E-state index contributed by atoms with van der Waals surface area (Å²) in [4.78, 5) is 1.16. The minimum absolute atomic E-state index is 0.477. The number of thiophene rings is 1. The van der Waals surface area contributed by atoms with Crippen LogP contribution < -0.4 is 10.1 Å². The minimum Gasteiger partial charge on any atom is -0.497 e. The summed E-state index contributed by atoms with van der Waals surface area (Å²) in [5.41, 5.74) is 2.99. The van der Waals surface area contributed by atoms with Gasteiger partial charge < -0.3 is 15.2 Å². The molecule has 0 spiro atoms. The van der Waals surface area contributed by atoms with E-state index >= 15 is 0 Å². The number of hydrogen-bond donors (Lipinski definition) is 2. The summed E-state index contributed by atoms with van der Waals surface area (Å²) in [5.74, 6) is 0.787. The SMILES string of the molecule is COc1ccc(C(O)CNCc2cn(C)nc2-c2cccs2)cc1. The lowest BCUT2D eigenvalue weighted by Gasteiger charge is -2.12. The van der Waals surface area contributed by atoms with Gasteiger partial charge in [0.05, 0.1) is 18.1 Å². The molecule has 0 aliphatic carbocycles. The Hall–Kier alpha value is -2.15. The van der Waals surface area contributed by atoms with Gasteiger partial charge in [0.2, 0.25) is 0 Å². The molecule has 0 saturated carbocycles. The zero-order valence-corrected chi connectivity index (χ0v) is 14.6. The molecule has 2 aromatic heterocycles. The molecule has 3 rings (SSSR count). The average Bonchev–Trinajstić information content (AvgIpc) is 3.24. The molecule has 0 radical (unpaired) electrons. The van der Waals surface area contributed by atoms with Gasteiger partial charge in [-0.25, -0.2) is 0 Å². The Morgan fingerprint density at radius 1 is 1.29 bits per heavy atom. The molecule has 1 aromatic carbocycles. The van der Waals surface area contributed by atoms with Crippen LogP contribution in [0.2, 0.25) is 0 Å². The standard InChI is InChI=1S/C18H21N3O2S/c1-21-12-14(18(20-21)17-4-3-9-24-17)10-19-11-16(22)13-5-7-15(23-2)8-6-13/h3-9,12,16,19,22H,10-11H2,1-2H3. The van der Waals surface area contributed by atoms with Crippen molar-refractivity contribution in [2.24, 2.45) is 7.05 Å². The Balaban J connectivity index is 1.60. The zero-order valence-electron chi connectivity index (χ0n) is 13.8. The van der Waals surface area contributed by atoms with Crippen LogP contribution in [0.15, 0.2) is 48.0 Å². The van der Waals surface area contributed by atoms with Gasteiger partial charge in [0.25, 0.3) is 0 Å². The van der Waals surface area contributed by atoms with Crippen molar-refractivity contribution < 1.29 is 9.84 Å². The number of aryl methyl sites for hydroxylation is 1. The molecule has 2 heterocycles. The number of aliphatic hydroxyl groups excluding tert-OH is 1. The van der Waals surface area contributed by atoms with Crippen molar-refractivity contribution in [2.75, 3.05) is 13.7 Å². The minimum atomic E-state index is -0.558. The fourth-order valence-electron chi connectivity index (χ4n) is 2.58. The number of nitrogens with zero attached hydrogens (tertiary/aromatic N) is 2. The van der Waals surface area contributed by atoms with Gasteiger partial charge in [0.1, 0.15) is 11.4 Å². The van der Waals surface area contributed by atoms with Gasteiger partial charge in [0, 0.05) is 31.9 Å². The first-order chi connectivity index (χ1) is 11.7. The highest BCUT2D eigenvalue weighted by Gasteiger charge is 2.12. The summed E-state index contributed by atoms with van der Waals surface area (Å²) in [5, 5.41) is 20.2. The van der Waals surface area contributed by atoms with Gasteiger partial charge in [-0.15, -0.1) is 11.3 Å². The van der Waals surface area contributed by atoms with E-state index in [0.717, 1.165) is 27.4 Å². The maximum atomic E-state index is 10.3. The van der Waals surface area contributed by atoms with Crippen LogP contribution in [0.5, 0.6) is 5.75 Å². The molecule has 0 aliphatic heterocycles. The molecule has 1 atom stereocenters. The number of hydrogen-bond acceptors (Lipinski definition) is 5. The number of ether oxygens (including phenoxy) is 1. The molecule has 0 aliphatic rings. The molecule has 0 saturated heterocycles. The largest absolute Gasteiger partial charge is 0.497 e. The lowest BCUT2D eigenvalue weighted by molar-refractivity contribution is 0.174. The lowest BCUT2D eigenvalue weighted by Crippen LogP contribution is -2.21. The predicted octanol–water partition coefficient (Wildman–Crippen LogP) is 2.98. The number of aromatic nitrogens is 2. The third-order valence-corrected chi connectivity index (χ3v) is 4.69. The number of benzene rings is 1. The number of methoxy groups -OCH3 is 1. The van der Waals surface area contributed by atoms with Crippen LogP contribution in [0.4, 0.5) is 0 Å². The van der Waals surface area contributed by atoms with Crippen LogP contribution in [0, 0.1) is 0 Å². The van der Waals surface area contributed by atoms with Gasteiger partial charge in [-0.2, -0.15) is 5.10 Å². The second kappa shape index (κ2) is 7.61. The van der Waals surface area contributed by atoms with E-state index in [1.807, 2.05) is 48.3 Å². The highest BCUT2D eigenvalue weighted by Crippen LogP contribution is 2.26. The highest BCUT2D eigenvalue weighted by atomic mass is 32.1. The summed E-state index contributed by atoms with van der Waals surface area (Å²) in [7, 11) is 3.55. The first-order valence-electron chi connectivity index (χ1n) is 7.76.